The number of piperidine rings is 1. The number of aromatic nitrogens is 3. The van der Waals surface area contributed by atoms with Crippen LogP contribution in [0.1, 0.15) is 43.2 Å². The maximum atomic E-state index is 4.73. The van der Waals surface area contributed by atoms with Crippen molar-refractivity contribution in [1.82, 2.24) is 20.5 Å². The summed E-state index contributed by atoms with van der Waals surface area (Å²) in [5.74, 6) is 3.24. The van der Waals surface area contributed by atoms with Crippen LogP contribution in [0.3, 0.4) is 0 Å². The highest BCUT2D eigenvalue weighted by molar-refractivity contribution is 7.99. The minimum Gasteiger partial charge on any atom is -0.339 e. The summed E-state index contributed by atoms with van der Waals surface area (Å²) in [5.41, 5.74) is 0. The zero-order chi connectivity index (χ0) is 13.1. The highest BCUT2D eigenvalue weighted by atomic mass is 32.2. The molecule has 2 saturated heterocycles. The van der Waals surface area contributed by atoms with Crippen LogP contribution in [-0.2, 0) is 0 Å². The Morgan fingerprint density at radius 1 is 1.26 bits per heavy atom. The number of hydrogen-bond acceptors (Lipinski definition) is 5. The summed E-state index contributed by atoms with van der Waals surface area (Å²) in [6.45, 7) is 2.11. The molecule has 5 nitrogen and oxygen atoms in total. The normalized spacial score (nSPS) is 25.7. The molecule has 3 heterocycles. The van der Waals surface area contributed by atoms with Crippen LogP contribution in [0.25, 0.3) is 0 Å². The largest absolute Gasteiger partial charge is 0.339 e. The minimum absolute atomic E-state index is 0.532. The molecule has 1 aromatic rings. The van der Waals surface area contributed by atoms with Crippen molar-refractivity contribution in [3.63, 3.8) is 0 Å². The average molecular weight is 281 g/mol. The van der Waals surface area contributed by atoms with Crippen LogP contribution < -0.4 is 10.2 Å². The molecule has 2 aliphatic rings. The van der Waals surface area contributed by atoms with Gasteiger partial charge in [-0.05, 0) is 38.5 Å². The fourth-order valence-electron chi connectivity index (χ4n) is 2.87. The van der Waals surface area contributed by atoms with Crippen LogP contribution in [0, 0.1) is 0 Å². The van der Waals surface area contributed by atoms with Crippen molar-refractivity contribution in [1.29, 1.82) is 0 Å². The zero-order valence-corrected chi connectivity index (χ0v) is 12.4. The summed E-state index contributed by atoms with van der Waals surface area (Å²) >= 11 is 2.02. The molecule has 19 heavy (non-hydrogen) atoms. The Morgan fingerprint density at radius 2 is 2.11 bits per heavy atom. The monoisotopic (exact) mass is 281 g/mol. The second-order valence-corrected chi connectivity index (χ2v) is 6.74. The minimum atomic E-state index is 0.532. The van der Waals surface area contributed by atoms with Gasteiger partial charge in [0.15, 0.2) is 0 Å². The molecule has 0 spiro atoms. The molecule has 106 valence electrons. The van der Waals surface area contributed by atoms with Crippen LogP contribution in [0.5, 0.6) is 0 Å². The highest BCUT2D eigenvalue weighted by Crippen LogP contribution is 2.36. The molecule has 2 aliphatic heterocycles. The van der Waals surface area contributed by atoms with Gasteiger partial charge in [0.25, 0.3) is 0 Å². The number of thioether (sulfide) groups is 1. The standard InChI is InChI=1S/C13H23N5S/c1-14-10-5-7-18(8-6-10)13-15-12(16-17-13)11-4-2-3-9-19-11/h10-11,14H,2-9H2,1H3,(H,15,16,17). The second kappa shape index (κ2) is 6.13. The van der Waals surface area contributed by atoms with E-state index in [4.69, 9.17) is 4.98 Å². The summed E-state index contributed by atoms with van der Waals surface area (Å²) in [7, 11) is 2.05. The van der Waals surface area contributed by atoms with E-state index in [-0.39, 0.29) is 0 Å². The van der Waals surface area contributed by atoms with Gasteiger partial charge in [0.1, 0.15) is 5.82 Å². The van der Waals surface area contributed by atoms with E-state index in [1.807, 2.05) is 18.8 Å². The number of anilines is 1. The van der Waals surface area contributed by atoms with Gasteiger partial charge in [-0.15, -0.1) is 5.10 Å². The Kier molecular flexibility index (Phi) is 4.28. The zero-order valence-electron chi connectivity index (χ0n) is 11.6. The molecule has 1 aromatic heterocycles. The number of rotatable bonds is 3. The summed E-state index contributed by atoms with van der Waals surface area (Å²) in [6.07, 6.45) is 6.26. The van der Waals surface area contributed by atoms with Crippen LogP contribution >= 0.6 is 11.8 Å². The molecular formula is C13H23N5S. The van der Waals surface area contributed by atoms with Crippen molar-refractivity contribution in [2.75, 3.05) is 30.8 Å². The molecular weight excluding hydrogens is 258 g/mol. The van der Waals surface area contributed by atoms with E-state index in [1.165, 1.54) is 37.9 Å². The molecule has 0 aliphatic carbocycles. The molecule has 0 aromatic carbocycles. The molecule has 1 atom stereocenters. The number of nitrogens with one attached hydrogen (secondary N) is 2. The van der Waals surface area contributed by atoms with E-state index >= 15 is 0 Å². The van der Waals surface area contributed by atoms with Crippen molar-refractivity contribution in [2.45, 2.75) is 43.4 Å². The van der Waals surface area contributed by atoms with Gasteiger partial charge in [-0.3, -0.25) is 5.10 Å². The lowest BCUT2D eigenvalue weighted by molar-refractivity contribution is 0.439. The van der Waals surface area contributed by atoms with E-state index in [0.717, 1.165) is 24.9 Å². The third kappa shape index (κ3) is 3.05. The summed E-state index contributed by atoms with van der Waals surface area (Å²) in [6, 6.07) is 0.656. The predicted octanol–water partition coefficient (Wildman–Crippen LogP) is 1.95. The van der Waals surface area contributed by atoms with Gasteiger partial charge >= 0.3 is 0 Å². The van der Waals surface area contributed by atoms with E-state index in [9.17, 15) is 0 Å². The Labute approximate surface area is 118 Å². The van der Waals surface area contributed by atoms with Gasteiger partial charge in [-0.1, -0.05) is 6.42 Å². The Morgan fingerprint density at radius 3 is 2.79 bits per heavy atom. The maximum Gasteiger partial charge on any atom is 0.244 e. The Hall–Kier alpha value is -0.750. The molecule has 6 heteroatoms. The van der Waals surface area contributed by atoms with Crippen LogP contribution in [0.4, 0.5) is 5.95 Å². The lowest BCUT2D eigenvalue weighted by Gasteiger charge is -2.30. The van der Waals surface area contributed by atoms with Gasteiger partial charge in [0.2, 0.25) is 5.95 Å². The average Bonchev–Trinajstić information content (AvgIpc) is 2.98. The van der Waals surface area contributed by atoms with Crippen LogP contribution in [-0.4, -0.2) is 47.1 Å². The van der Waals surface area contributed by atoms with Crippen molar-refractivity contribution >= 4 is 17.7 Å². The van der Waals surface area contributed by atoms with Gasteiger partial charge in [0.05, 0.1) is 5.25 Å². The van der Waals surface area contributed by atoms with E-state index < -0.39 is 0 Å². The van der Waals surface area contributed by atoms with Crippen LogP contribution in [0.15, 0.2) is 0 Å². The Bertz CT molecular complexity index is 393. The molecule has 0 amide bonds. The lowest BCUT2D eigenvalue weighted by Crippen LogP contribution is -2.41. The van der Waals surface area contributed by atoms with Crippen molar-refractivity contribution in [3.05, 3.63) is 5.82 Å². The number of aromatic amines is 1. The molecule has 2 N–H and O–H groups in total. The first-order valence-corrected chi connectivity index (χ1v) is 8.38. The van der Waals surface area contributed by atoms with E-state index in [2.05, 4.69) is 20.4 Å². The van der Waals surface area contributed by atoms with Gasteiger partial charge in [-0.2, -0.15) is 16.7 Å². The first-order valence-electron chi connectivity index (χ1n) is 7.33. The maximum absolute atomic E-state index is 4.73. The summed E-state index contributed by atoms with van der Waals surface area (Å²) in [5, 5.41) is 11.5. The fourth-order valence-corrected chi connectivity index (χ4v) is 4.13. The lowest BCUT2D eigenvalue weighted by atomic mass is 10.1. The van der Waals surface area contributed by atoms with Crippen LogP contribution in [0.2, 0.25) is 0 Å². The third-order valence-corrected chi connectivity index (χ3v) is 5.55. The third-order valence-electron chi connectivity index (χ3n) is 4.16. The van der Waals surface area contributed by atoms with E-state index in [0.29, 0.717) is 11.3 Å². The first-order chi connectivity index (χ1) is 9.36. The summed E-state index contributed by atoms with van der Waals surface area (Å²) < 4.78 is 0. The molecule has 2 fully saturated rings. The first kappa shape index (κ1) is 13.2. The molecule has 0 saturated carbocycles. The molecule has 1 unspecified atom stereocenters. The number of hydrogen-bond donors (Lipinski definition) is 2. The number of H-pyrrole nitrogens is 1. The van der Waals surface area contributed by atoms with Gasteiger partial charge < -0.3 is 10.2 Å². The molecule has 0 radical (unpaired) electrons. The Balaban J connectivity index is 1.61. The fraction of sp³-hybridized carbons (Fsp3) is 0.846. The predicted molar refractivity (Wildman–Crippen MR) is 79.7 cm³/mol. The molecule has 0 bridgehead atoms. The van der Waals surface area contributed by atoms with E-state index in [1.54, 1.807) is 0 Å². The number of nitrogens with zero attached hydrogens (tertiary/aromatic N) is 3. The summed E-state index contributed by atoms with van der Waals surface area (Å²) in [4.78, 5) is 7.03. The SMILES string of the molecule is CNC1CCN(c2n[nH]c(C3CCCCS3)n2)CC1. The topological polar surface area (TPSA) is 56.8 Å². The highest BCUT2D eigenvalue weighted by Gasteiger charge is 2.24. The second-order valence-electron chi connectivity index (χ2n) is 5.43. The van der Waals surface area contributed by atoms with Gasteiger partial charge in [0, 0.05) is 19.1 Å². The van der Waals surface area contributed by atoms with Crippen molar-refractivity contribution < 1.29 is 0 Å². The van der Waals surface area contributed by atoms with Crippen molar-refractivity contribution in [2.24, 2.45) is 0 Å². The quantitative estimate of drug-likeness (QED) is 0.887. The smallest absolute Gasteiger partial charge is 0.244 e. The van der Waals surface area contributed by atoms with Crippen molar-refractivity contribution in [3.8, 4) is 0 Å². The molecule has 3 rings (SSSR count). The van der Waals surface area contributed by atoms with Gasteiger partial charge in [-0.25, -0.2) is 0 Å².